The zero-order valence-corrected chi connectivity index (χ0v) is 24.7. The van der Waals surface area contributed by atoms with Crippen LogP contribution in [0, 0.1) is 6.92 Å². The Morgan fingerprint density at radius 2 is 1.74 bits per heavy atom. The Hall–Kier alpha value is -4.79. The van der Waals surface area contributed by atoms with E-state index in [-0.39, 0.29) is 47.6 Å². The first-order valence-electron chi connectivity index (χ1n) is 13.0. The van der Waals surface area contributed by atoms with Crippen LogP contribution in [-0.2, 0) is 14.9 Å². The smallest absolute Gasteiger partial charge is 0.296 e. The highest BCUT2D eigenvalue weighted by Crippen LogP contribution is 2.37. The third-order valence-corrected chi connectivity index (χ3v) is 7.01. The van der Waals surface area contributed by atoms with Crippen molar-refractivity contribution in [3.8, 4) is 17.2 Å². The van der Waals surface area contributed by atoms with Gasteiger partial charge in [0.2, 0.25) is 5.78 Å². The van der Waals surface area contributed by atoms with Gasteiger partial charge in [0, 0.05) is 23.4 Å². The Kier molecular flexibility index (Phi) is 9.43. The van der Waals surface area contributed by atoms with Gasteiger partial charge >= 0.3 is 0 Å². The van der Waals surface area contributed by atoms with Crippen LogP contribution in [0.4, 0.5) is 22.7 Å². The maximum Gasteiger partial charge on any atom is 0.296 e. The zero-order valence-electron chi connectivity index (χ0n) is 23.9. The SMILES string of the molecule is COc1cc(O)ccc1/N=N/c1cc(OCCOC(C)C)c(N/N=C2\C(=O)c3ccc(N)cc3C=C2S(=O)(=O)O)cc1C. The van der Waals surface area contributed by atoms with Gasteiger partial charge < -0.3 is 25.1 Å². The number of hydrogen-bond donors (Lipinski definition) is 4. The molecule has 0 bridgehead atoms. The lowest BCUT2D eigenvalue weighted by Gasteiger charge is -2.18. The number of benzene rings is 3. The van der Waals surface area contributed by atoms with E-state index in [4.69, 9.17) is 19.9 Å². The summed E-state index contributed by atoms with van der Waals surface area (Å²) in [4.78, 5) is 12.6. The number of carbonyl (C=O) groups excluding carboxylic acids is 1. The van der Waals surface area contributed by atoms with Crippen molar-refractivity contribution in [2.24, 2.45) is 15.3 Å². The van der Waals surface area contributed by atoms with E-state index in [2.05, 4.69) is 20.8 Å². The van der Waals surface area contributed by atoms with Crippen molar-refractivity contribution in [2.45, 2.75) is 26.9 Å². The molecule has 43 heavy (non-hydrogen) atoms. The minimum Gasteiger partial charge on any atom is -0.508 e. The summed E-state index contributed by atoms with van der Waals surface area (Å²) in [6, 6.07) is 12.0. The standard InChI is InChI=1S/C29H31N5O8S/c1-16(2)41-9-10-42-26-15-23(32-31-22-8-6-20(35)14-25(22)40-4)17(3)11-24(26)33-34-28-27(43(37,38)39)13-18-12-19(30)5-7-21(18)29(28)36/h5-8,11-16,33,35H,9-10,30H2,1-4H3,(H,37,38,39)/b32-31+,34-28-. The number of azo groups is 1. The second-order valence-corrected chi connectivity index (χ2v) is 11.1. The quantitative estimate of drug-likeness (QED) is 0.0718. The summed E-state index contributed by atoms with van der Waals surface area (Å²) in [5.74, 6) is -0.139. The number of anilines is 2. The zero-order chi connectivity index (χ0) is 31.3. The summed E-state index contributed by atoms with van der Waals surface area (Å²) in [5, 5.41) is 22.4. The molecule has 0 atom stereocenters. The Bertz CT molecular complexity index is 1750. The maximum atomic E-state index is 13.3. The number of phenolic OH excluding ortho intramolecular Hbond substituents is 1. The predicted molar refractivity (Wildman–Crippen MR) is 162 cm³/mol. The molecule has 14 heteroatoms. The molecule has 226 valence electrons. The molecule has 0 amide bonds. The molecule has 0 heterocycles. The van der Waals surface area contributed by atoms with Crippen molar-refractivity contribution < 1.29 is 37.1 Å². The summed E-state index contributed by atoms with van der Waals surface area (Å²) in [5.41, 5.74) is 10.4. The van der Waals surface area contributed by atoms with Gasteiger partial charge in [-0.15, -0.1) is 5.11 Å². The summed E-state index contributed by atoms with van der Waals surface area (Å²) in [7, 11) is -3.39. The van der Waals surface area contributed by atoms with Gasteiger partial charge in [-0.05, 0) is 74.4 Å². The Balaban J connectivity index is 1.72. The molecule has 13 nitrogen and oxygen atoms in total. The van der Waals surface area contributed by atoms with Gasteiger partial charge in [-0.2, -0.15) is 18.6 Å². The molecule has 3 aromatic rings. The van der Waals surface area contributed by atoms with Crippen LogP contribution in [0.1, 0.15) is 35.3 Å². The highest BCUT2D eigenvalue weighted by molar-refractivity contribution is 7.91. The molecule has 1 aliphatic rings. The number of ketones is 1. The van der Waals surface area contributed by atoms with E-state index in [1.165, 1.54) is 37.4 Å². The number of aryl methyl sites for hydroxylation is 1. The molecule has 0 radical (unpaired) electrons. The molecule has 0 aromatic heterocycles. The fraction of sp³-hybridized carbons (Fsp3) is 0.241. The highest BCUT2D eigenvalue weighted by atomic mass is 32.2. The molecule has 0 unspecified atom stereocenters. The molecule has 0 spiro atoms. The second kappa shape index (κ2) is 13.0. The lowest BCUT2D eigenvalue weighted by Crippen LogP contribution is -2.27. The Morgan fingerprint density at radius 3 is 2.44 bits per heavy atom. The number of nitrogens with zero attached hydrogens (tertiary/aromatic N) is 3. The number of nitrogens with two attached hydrogens (primary N) is 1. The van der Waals surface area contributed by atoms with Crippen LogP contribution in [0.25, 0.3) is 6.08 Å². The third kappa shape index (κ3) is 7.54. The van der Waals surface area contributed by atoms with Crippen molar-refractivity contribution in [3.05, 3.63) is 70.1 Å². The normalized spacial score (nSPS) is 14.2. The van der Waals surface area contributed by atoms with E-state index in [1.807, 2.05) is 13.8 Å². The van der Waals surface area contributed by atoms with E-state index in [0.717, 1.165) is 6.08 Å². The topological polar surface area (TPSA) is 194 Å². The van der Waals surface area contributed by atoms with Crippen molar-refractivity contribution >= 4 is 50.4 Å². The lowest BCUT2D eigenvalue weighted by molar-refractivity contribution is 0.0554. The van der Waals surface area contributed by atoms with Crippen molar-refractivity contribution in [2.75, 3.05) is 31.5 Å². The van der Waals surface area contributed by atoms with Gasteiger partial charge in [-0.1, -0.05) is 0 Å². The van der Waals surface area contributed by atoms with Gasteiger partial charge in [-0.3, -0.25) is 14.8 Å². The summed E-state index contributed by atoms with van der Waals surface area (Å²) in [6.45, 7) is 5.95. The predicted octanol–water partition coefficient (Wildman–Crippen LogP) is 5.40. The largest absolute Gasteiger partial charge is 0.508 e. The number of nitrogens with one attached hydrogen (secondary N) is 1. The number of ether oxygens (including phenoxy) is 3. The van der Waals surface area contributed by atoms with Gasteiger partial charge in [-0.25, -0.2) is 0 Å². The number of rotatable bonds is 11. The molecule has 3 aromatic carbocycles. The molecule has 4 rings (SSSR count). The summed E-state index contributed by atoms with van der Waals surface area (Å²) < 4.78 is 51.0. The minimum atomic E-state index is -4.83. The van der Waals surface area contributed by atoms with Crippen LogP contribution in [0.5, 0.6) is 17.2 Å². The number of hydrazone groups is 1. The van der Waals surface area contributed by atoms with Crippen molar-refractivity contribution in [1.29, 1.82) is 0 Å². The van der Waals surface area contributed by atoms with Crippen LogP contribution in [0.3, 0.4) is 0 Å². The summed E-state index contributed by atoms with van der Waals surface area (Å²) in [6.07, 6.45) is 1.12. The van der Waals surface area contributed by atoms with E-state index in [9.17, 15) is 22.9 Å². The number of phenols is 1. The highest BCUT2D eigenvalue weighted by Gasteiger charge is 2.33. The number of methoxy groups -OCH3 is 1. The molecule has 0 aliphatic heterocycles. The first-order valence-corrected chi connectivity index (χ1v) is 14.5. The Morgan fingerprint density at radius 1 is 1.00 bits per heavy atom. The molecular weight excluding hydrogens is 578 g/mol. The molecule has 1 aliphatic carbocycles. The molecular formula is C29H31N5O8S. The molecule has 0 saturated heterocycles. The third-order valence-electron chi connectivity index (χ3n) is 6.14. The second-order valence-electron chi connectivity index (χ2n) is 9.69. The van der Waals surface area contributed by atoms with E-state index < -0.39 is 26.5 Å². The van der Waals surface area contributed by atoms with Crippen LogP contribution in [0.2, 0.25) is 0 Å². The van der Waals surface area contributed by atoms with Gasteiger partial charge in [0.25, 0.3) is 10.1 Å². The summed E-state index contributed by atoms with van der Waals surface area (Å²) >= 11 is 0. The van der Waals surface area contributed by atoms with E-state index in [0.29, 0.717) is 28.4 Å². The fourth-order valence-corrected chi connectivity index (χ4v) is 4.72. The molecule has 0 fully saturated rings. The monoisotopic (exact) mass is 609 g/mol. The van der Waals surface area contributed by atoms with Gasteiger partial charge in [0.1, 0.15) is 34.4 Å². The average Bonchev–Trinajstić information content (AvgIpc) is 2.94. The molecule has 5 N–H and O–H groups in total. The average molecular weight is 610 g/mol. The van der Waals surface area contributed by atoms with Crippen molar-refractivity contribution in [1.82, 2.24) is 0 Å². The van der Waals surface area contributed by atoms with Crippen LogP contribution in [-0.4, -0.2) is 56.0 Å². The maximum absolute atomic E-state index is 13.3. The number of fused-ring (bicyclic) bond motifs is 1. The number of carbonyl (C=O) groups is 1. The number of Topliss-reactive ketones (excluding diaryl/α,β-unsaturated/α-hetero) is 1. The van der Waals surface area contributed by atoms with E-state index >= 15 is 0 Å². The Labute approximate surface area is 248 Å². The fourth-order valence-electron chi connectivity index (χ4n) is 4.06. The minimum absolute atomic E-state index is 0.0133. The van der Waals surface area contributed by atoms with Gasteiger partial charge in [0.05, 0.1) is 31.2 Å². The van der Waals surface area contributed by atoms with Crippen LogP contribution < -0.4 is 20.6 Å². The first-order chi connectivity index (χ1) is 20.4. The number of hydrogen-bond acceptors (Lipinski definition) is 12. The number of nitrogen functional groups attached to an aromatic ring is 1. The molecule has 0 saturated carbocycles. The van der Waals surface area contributed by atoms with Gasteiger partial charge in [0.15, 0.2) is 5.71 Å². The lowest BCUT2D eigenvalue weighted by atomic mass is 9.94. The van der Waals surface area contributed by atoms with Crippen LogP contribution >= 0.6 is 0 Å². The van der Waals surface area contributed by atoms with E-state index in [1.54, 1.807) is 25.1 Å². The van der Waals surface area contributed by atoms with Crippen LogP contribution in [0.15, 0.2) is 68.8 Å². The van der Waals surface area contributed by atoms with Crippen molar-refractivity contribution in [3.63, 3.8) is 0 Å². The first kappa shape index (κ1) is 31.2. The number of aromatic hydroxyl groups is 1. The number of allylic oxidation sites excluding steroid dienone is 1.